The molecule has 5 heteroatoms. The minimum absolute atomic E-state index is 0.0226. The van der Waals surface area contributed by atoms with Crippen LogP contribution in [0, 0.1) is 0 Å². The summed E-state index contributed by atoms with van der Waals surface area (Å²) in [5, 5.41) is 12.2. The molecule has 5 nitrogen and oxygen atoms in total. The third-order valence-electron chi connectivity index (χ3n) is 2.13. The number of morpholine rings is 1. The van der Waals surface area contributed by atoms with Crippen molar-refractivity contribution in [2.45, 2.75) is 19.1 Å². The Morgan fingerprint density at radius 2 is 2.50 bits per heavy atom. The maximum atomic E-state index is 11.7. The Morgan fingerprint density at radius 3 is 3.00 bits per heavy atom. The molecule has 0 spiro atoms. The van der Waals surface area contributed by atoms with E-state index in [9.17, 15) is 4.79 Å². The van der Waals surface area contributed by atoms with Crippen LogP contribution >= 0.6 is 0 Å². The van der Waals surface area contributed by atoms with E-state index >= 15 is 0 Å². The van der Waals surface area contributed by atoms with Gasteiger partial charge < -0.3 is 20.1 Å². The van der Waals surface area contributed by atoms with Crippen molar-refractivity contribution in [2.75, 3.05) is 33.4 Å². The lowest BCUT2D eigenvalue weighted by atomic mass is 10.2. The first-order valence-corrected chi connectivity index (χ1v) is 4.85. The zero-order valence-corrected chi connectivity index (χ0v) is 8.69. The van der Waals surface area contributed by atoms with Crippen LogP contribution in [0.4, 0.5) is 0 Å². The molecular weight excluding hydrogens is 184 g/mol. The summed E-state index contributed by atoms with van der Waals surface area (Å²) >= 11 is 0. The lowest BCUT2D eigenvalue weighted by Gasteiger charge is -2.28. The summed E-state index contributed by atoms with van der Waals surface area (Å²) in [6.07, 6.45) is -0.492. The van der Waals surface area contributed by atoms with E-state index in [-0.39, 0.29) is 11.9 Å². The predicted molar refractivity (Wildman–Crippen MR) is 51.9 cm³/mol. The van der Waals surface area contributed by atoms with Crippen LogP contribution in [-0.2, 0) is 9.53 Å². The average molecular weight is 202 g/mol. The van der Waals surface area contributed by atoms with E-state index in [1.165, 1.54) is 4.90 Å². The Bertz CT molecular complexity index is 190. The number of carbonyl (C=O) groups excluding carboxylic acids is 1. The van der Waals surface area contributed by atoms with Gasteiger partial charge in [0.15, 0.2) is 0 Å². The van der Waals surface area contributed by atoms with Crippen LogP contribution in [0.2, 0.25) is 0 Å². The van der Waals surface area contributed by atoms with E-state index in [1.807, 2.05) is 0 Å². The number of carbonyl (C=O) groups is 1. The number of ether oxygens (including phenoxy) is 1. The third kappa shape index (κ3) is 3.25. The van der Waals surface area contributed by atoms with Crippen LogP contribution in [0.15, 0.2) is 0 Å². The smallest absolute Gasteiger partial charge is 0.241 e. The van der Waals surface area contributed by atoms with Crippen molar-refractivity contribution in [3.05, 3.63) is 0 Å². The number of likely N-dealkylation sites (N-methyl/N-ethyl adjacent to an activating group) is 1. The highest BCUT2D eigenvalue weighted by molar-refractivity contribution is 5.81. The minimum atomic E-state index is -0.492. The second-order valence-corrected chi connectivity index (χ2v) is 3.65. The highest BCUT2D eigenvalue weighted by Crippen LogP contribution is 1.99. The summed E-state index contributed by atoms with van der Waals surface area (Å²) in [5.41, 5.74) is 0. The molecule has 0 aromatic rings. The molecule has 1 amide bonds. The fourth-order valence-corrected chi connectivity index (χ4v) is 1.48. The topological polar surface area (TPSA) is 61.8 Å². The van der Waals surface area contributed by atoms with Gasteiger partial charge in [0, 0.05) is 20.1 Å². The van der Waals surface area contributed by atoms with Crippen molar-refractivity contribution in [3.63, 3.8) is 0 Å². The molecule has 0 saturated carbocycles. The van der Waals surface area contributed by atoms with Gasteiger partial charge in [-0.2, -0.15) is 0 Å². The fraction of sp³-hybridized carbons (Fsp3) is 0.889. The summed E-state index contributed by atoms with van der Waals surface area (Å²) in [7, 11) is 1.69. The summed E-state index contributed by atoms with van der Waals surface area (Å²) in [5.74, 6) is -0.0226. The van der Waals surface area contributed by atoms with Crippen molar-refractivity contribution in [1.29, 1.82) is 0 Å². The predicted octanol–water partition coefficient (Wildman–Crippen LogP) is -1.19. The first-order valence-electron chi connectivity index (χ1n) is 4.85. The number of nitrogens with one attached hydrogen (secondary N) is 1. The maximum Gasteiger partial charge on any atom is 0.241 e. The molecule has 0 aromatic heterocycles. The molecule has 1 heterocycles. The third-order valence-corrected chi connectivity index (χ3v) is 2.13. The van der Waals surface area contributed by atoms with Crippen LogP contribution in [-0.4, -0.2) is 61.4 Å². The van der Waals surface area contributed by atoms with E-state index < -0.39 is 6.10 Å². The van der Waals surface area contributed by atoms with Gasteiger partial charge in [0.2, 0.25) is 5.91 Å². The van der Waals surface area contributed by atoms with E-state index in [2.05, 4.69) is 5.32 Å². The molecule has 14 heavy (non-hydrogen) atoms. The van der Waals surface area contributed by atoms with Gasteiger partial charge >= 0.3 is 0 Å². The standard InChI is InChI=1S/C9H18N2O3/c1-7(12)5-11(2)9(13)8-6-14-4-3-10-8/h7-8,10,12H,3-6H2,1-2H3. The van der Waals surface area contributed by atoms with Crippen molar-refractivity contribution in [1.82, 2.24) is 10.2 Å². The molecule has 2 unspecified atom stereocenters. The van der Waals surface area contributed by atoms with Gasteiger partial charge in [0.05, 0.1) is 19.3 Å². The maximum absolute atomic E-state index is 11.7. The van der Waals surface area contributed by atoms with E-state index in [1.54, 1.807) is 14.0 Å². The number of hydrogen-bond donors (Lipinski definition) is 2. The first kappa shape index (κ1) is 11.4. The molecule has 1 saturated heterocycles. The Balaban J connectivity index is 2.38. The van der Waals surface area contributed by atoms with Gasteiger partial charge in [-0.3, -0.25) is 4.79 Å². The quantitative estimate of drug-likeness (QED) is 0.604. The van der Waals surface area contributed by atoms with Crippen LogP contribution in [0.1, 0.15) is 6.92 Å². The van der Waals surface area contributed by atoms with Gasteiger partial charge in [-0.25, -0.2) is 0 Å². The highest BCUT2D eigenvalue weighted by atomic mass is 16.5. The van der Waals surface area contributed by atoms with Crippen molar-refractivity contribution >= 4 is 5.91 Å². The number of amides is 1. The average Bonchev–Trinajstić information content (AvgIpc) is 2.17. The summed E-state index contributed by atoms with van der Waals surface area (Å²) < 4.78 is 5.19. The molecule has 82 valence electrons. The normalized spacial score (nSPS) is 24.4. The minimum Gasteiger partial charge on any atom is -0.392 e. The van der Waals surface area contributed by atoms with E-state index in [4.69, 9.17) is 9.84 Å². The fourth-order valence-electron chi connectivity index (χ4n) is 1.48. The largest absolute Gasteiger partial charge is 0.392 e. The molecule has 1 fully saturated rings. The Morgan fingerprint density at radius 1 is 1.79 bits per heavy atom. The van der Waals surface area contributed by atoms with Crippen molar-refractivity contribution in [3.8, 4) is 0 Å². The van der Waals surface area contributed by atoms with Crippen molar-refractivity contribution < 1.29 is 14.6 Å². The van der Waals surface area contributed by atoms with Gasteiger partial charge in [-0.05, 0) is 6.92 Å². The number of hydrogen-bond acceptors (Lipinski definition) is 4. The molecule has 2 N–H and O–H groups in total. The van der Waals surface area contributed by atoms with Crippen LogP contribution in [0.25, 0.3) is 0 Å². The van der Waals surface area contributed by atoms with Crippen molar-refractivity contribution in [2.24, 2.45) is 0 Å². The van der Waals surface area contributed by atoms with Gasteiger partial charge in [-0.1, -0.05) is 0 Å². The summed E-state index contributed by atoms with van der Waals surface area (Å²) in [6, 6.07) is -0.257. The zero-order valence-electron chi connectivity index (χ0n) is 8.69. The molecule has 1 aliphatic rings. The molecule has 0 aromatic carbocycles. The van der Waals surface area contributed by atoms with Crippen LogP contribution in [0.5, 0.6) is 0 Å². The molecule has 1 rings (SSSR count). The summed E-state index contributed by atoms with van der Waals surface area (Å²) in [6.45, 7) is 3.80. The number of rotatable bonds is 3. The Labute approximate surface area is 84.0 Å². The molecule has 0 bridgehead atoms. The van der Waals surface area contributed by atoms with Gasteiger partial charge in [-0.15, -0.1) is 0 Å². The lowest BCUT2D eigenvalue weighted by molar-refractivity contribution is -0.136. The molecular formula is C9H18N2O3. The van der Waals surface area contributed by atoms with Gasteiger partial charge in [0.25, 0.3) is 0 Å². The Kier molecular flexibility index (Phi) is 4.31. The van der Waals surface area contributed by atoms with E-state index in [0.717, 1.165) is 0 Å². The first-order chi connectivity index (χ1) is 6.61. The monoisotopic (exact) mass is 202 g/mol. The summed E-state index contributed by atoms with van der Waals surface area (Å²) in [4.78, 5) is 13.2. The highest BCUT2D eigenvalue weighted by Gasteiger charge is 2.24. The number of aliphatic hydroxyl groups is 1. The molecule has 0 radical (unpaired) electrons. The number of aliphatic hydroxyl groups excluding tert-OH is 1. The van der Waals surface area contributed by atoms with Gasteiger partial charge in [0.1, 0.15) is 6.04 Å². The van der Waals surface area contributed by atoms with E-state index in [0.29, 0.717) is 26.3 Å². The lowest BCUT2D eigenvalue weighted by Crippen LogP contribution is -2.52. The number of nitrogens with zero attached hydrogens (tertiary/aromatic N) is 1. The second-order valence-electron chi connectivity index (χ2n) is 3.65. The molecule has 2 atom stereocenters. The molecule has 0 aliphatic carbocycles. The van der Waals surface area contributed by atoms with Crippen LogP contribution < -0.4 is 5.32 Å². The SMILES string of the molecule is CC(O)CN(C)C(=O)C1COCCN1. The second kappa shape index (κ2) is 5.29. The molecule has 1 aliphatic heterocycles. The zero-order chi connectivity index (χ0) is 10.6. The Hall–Kier alpha value is -0.650. The van der Waals surface area contributed by atoms with Crippen LogP contribution in [0.3, 0.4) is 0 Å².